The van der Waals surface area contributed by atoms with Gasteiger partial charge in [0.1, 0.15) is 17.2 Å². The third kappa shape index (κ3) is 5.60. The van der Waals surface area contributed by atoms with Crippen molar-refractivity contribution in [2.45, 2.75) is 31.5 Å². The summed E-state index contributed by atoms with van der Waals surface area (Å²) in [6.07, 6.45) is -1.80. The molecule has 0 radical (unpaired) electrons. The van der Waals surface area contributed by atoms with Crippen LogP contribution < -0.4 is 21.9 Å². The fourth-order valence-electron chi connectivity index (χ4n) is 4.12. The zero-order chi connectivity index (χ0) is 26.7. The van der Waals surface area contributed by atoms with Crippen molar-refractivity contribution in [3.8, 4) is 11.4 Å². The average molecular weight is 511 g/mol. The number of nitrogens with one attached hydrogen (secondary N) is 4. The van der Waals surface area contributed by atoms with E-state index in [0.29, 0.717) is 16.6 Å². The Labute approximate surface area is 209 Å². The lowest BCUT2D eigenvalue weighted by Gasteiger charge is -2.15. The molecule has 0 fully saturated rings. The van der Waals surface area contributed by atoms with Crippen molar-refractivity contribution in [1.29, 1.82) is 0 Å². The number of rotatable bonds is 9. The van der Waals surface area contributed by atoms with E-state index in [4.69, 9.17) is 5.73 Å². The predicted molar refractivity (Wildman–Crippen MR) is 136 cm³/mol. The van der Waals surface area contributed by atoms with E-state index >= 15 is 0 Å². The fourth-order valence-corrected chi connectivity index (χ4v) is 4.12. The standard InChI is InChI=1S/C25H27FN6O5/c1-28-19(35)11-14(34)10-13(33)7-8-29-24(36)12-5-6-16-18(9-12)31-23(30-16)21-22(27)20-15(26)3-2-4-17(20)32-25(21)37/h2-6,9,13-14,33-34H,7-8,10-11H2,1H3,(H,28,35)(H,29,36)(H,30,31)(H3,27,32,37). The Morgan fingerprint density at radius 1 is 1.14 bits per heavy atom. The third-order valence-corrected chi connectivity index (χ3v) is 6.02. The summed E-state index contributed by atoms with van der Waals surface area (Å²) in [6, 6.07) is 8.97. The number of nitrogens with two attached hydrogens (primary N) is 1. The number of aromatic nitrogens is 3. The zero-order valence-electron chi connectivity index (χ0n) is 20.0. The maximum absolute atomic E-state index is 14.4. The normalized spacial score (nSPS) is 13.0. The van der Waals surface area contributed by atoms with Crippen LogP contribution in [-0.4, -0.2) is 62.8 Å². The lowest BCUT2D eigenvalue weighted by Crippen LogP contribution is -2.30. The molecule has 2 heterocycles. The van der Waals surface area contributed by atoms with Crippen LogP contribution in [0, 0.1) is 5.82 Å². The van der Waals surface area contributed by atoms with Gasteiger partial charge >= 0.3 is 0 Å². The van der Waals surface area contributed by atoms with Gasteiger partial charge in [-0.25, -0.2) is 9.37 Å². The Morgan fingerprint density at radius 3 is 2.68 bits per heavy atom. The van der Waals surface area contributed by atoms with Gasteiger partial charge in [0.2, 0.25) is 5.91 Å². The van der Waals surface area contributed by atoms with Gasteiger partial charge in [-0.15, -0.1) is 0 Å². The summed E-state index contributed by atoms with van der Waals surface area (Å²) < 4.78 is 14.4. The number of benzene rings is 2. The number of carbonyl (C=O) groups excluding carboxylic acids is 2. The van der Waals surface area contributed by atoms with E-state index in [1.54, 1.807) is 24.3 Å². The molecule has 2 amide bonds. The average Bonchev–Trinajstić information content (AvgIpc) is 3.26. The zero-order valence-corrected chi connectivity index (χ0v) is 20.0. The molecule has 2 aromatic heterocycles. The summed E-state index contributed by atoms with van der Waals surface area (Å²) in [5.74, 6) is -1.17. The van der Waals surface area contributed by atoms with Crippen LogP contribution in [0.3, 0.4) is 0 Å². The van der Waals surface area contributed by atoms with E-state index in [9.17, 15) is 29.0 Å². The molecule has 0 aliphatic heterocycles. The maximum atomic E-state index is 14.4. The van der Waals surface area contributed by atoms with Crippen LogP contribution in [-0.2, 0) is 4.79 Å². The first kappa shape index (κ1) is 25.8. The number of anilines is 1. The molecule has 0 aliphatic carbocycles. The van der Waals surface area contributed by atoms with E-state index in [1.165, 1.54) is 19.2 Å². The van der Waals surface area contributed by atoms with Crippen LogP contribution in [0.4, 0.5) is 10.1 Å². The van der Waals surface area contributed by atoms with E-state index in [0.717, 1.165) is 0 Å². The van der Waals surface area contributed by atoms with Crippen molar-refractivity contribution in [3.05, 3.63) is 58.1 Å². The van der Waals surface area contributed by atoms with Crippen LogP contribution in [0.25, 0.3) is 33.3 Å². The Kier molecular flexibility index (Phi) is 7.50. The van der Waals surface area contributed by atoms with Crippen LogP contribution in [0.15, 0.2) is 41.2 Å². The van der Waals surface area contributed by atoms with E-state index in [-0.39, 0.29) is 59.7 Å². The van der Waals surface area contributed by atoms with E-state index in [2.05, 4.69) is 25.6 Å². The number of carbonyl (C=O) groups is 2. The second kappa shape index (κ2) is 10.8. The summed E-state index contributed by atoms with van der Waals surface area (Å²) >= 11 is 0. The molecule has 2 unspecified atom stereocenters. The first-order valence-electron chi connectivity index (χ1n) is 11.6. The number of aromatic amines is 2. The summed E-state index contributed by atoms with van der Waals surface area (Å²) in [7, 11) is 1.46. The smallest absolute Gasteiger partial charge is 0.261 e. The number of aliphatic hydroxyl groups is 2. The molecule has 4 rings (SSSR count). The second-order valence-electron chi connectivity index (χ2n) is 8.69. The molecule has 12 heteroatoms. The summed E-state index contributed by atoms with van der Waals surface area (Å²) in [6.45, 7) is 0.146. The number of nitrogens with zero attached hydrogens (tertiary/aromatic N) is 1. The molecule has 11 nitrogen and oxygen atoms in total. The van der Waals surface area contributed by atoms with E-state index in [1.807, 2.05) is 0 Å². The molecule has 0 saturated heterocycles. The number of hydrogen-bond acceptors (Lipinski definition) is 7. The lowest BCUT2D eigenvalue weighted by molar-refractivity contribution is -0.122. The summed E-state index contributed by atoms with van der Waals surface area (Å²) in [5, 5.41) is 25.1. The van der Waals surface area contributed by atoms with Crippen molar-refractivity contribution < 1.29 is 24.2 Å². The van der Waals surface area contributed by atoms with Crippen molar-refractivity contribution in [1.82, 2.24) is 25.6 Å². The van der Waals surface area contributed by atoms with Gasteiger partial charge < -0.3 is 36.5 Å². The molecule has 0 saturated carbocycles. The Morgan fingerprint density at radius 2 is 1.92 bits per heavy atom. The highest BCUT2D eigenvalue weighted by molar-refractivity contribution is 6.00. The SMILES string of the molecule is CNC(=O)CC(O)CC(O)CCNC(=O)c1ccc2nc(-c3c(N)c4c(F)cccc4[nH]c3=O)[nH]c2c1. The molecule has 4 aromatic rings. The van der Waals surface area contributed by atoms with Crippen molar-refractivity contribution in [2.75, 3.05) is 19.3 Å². The molecule has 0 aliphatic rings. The first-order valence-corrected chi connectivity index (χ1v) is 11.6. The highest BCUT2D eigenvalue weighted by Gasteiger charge is 2.19. The highest BCUT2D eigenvalue weighted by atomic mass is 19.1. The quantitative estimate of drug-likeness (QED) is 0.176. The summed E-state index contributed by atoms with van der Waals surface area (Å²) in [5.41, 5.74) is 7.08. The van der Waals surface area contributed by atoms with Crippen LogP contribution >= 0.6 is 0 Å². The topological polar surface area (TPSA) is 186 Å². The minimum atomic E-state index is -0.983. The summed E-state index contributed by atoms with van der Waals surface area (Å²) in [4.78, 5) is 46.5. The van der Waals surface area contributed by atoms with Gasteiger partial charge in [0.15, 0.2) is 0 Å². The number of fused-ring (bicyclic) bond motifs is 2. The minimum absolute atomic E-state index is 0.00704. The van der Waals surface area contributed by atoms with Gasteiger partial charge in [0.05, 0.1) is 46.3 Å². The number of H-pyrrole nitrogens is 2. The number of amides is 2. The van der Waals surface area contributed by atoms with Crippen LogP contribution in [0.5, 0.6) is 0 Å². The molecule has 0 spiro atoms. The second-order valence-corrected chi connectivity index (χ2v) is 8.69. The number of imidazole rings is 1. The molecular weight excluding hydrogens is 483 g/mol. The predicted octanol–water partition coefficient (Wildman–Crippen LogP) is 1.16. The van der Waals surface area contributed by atoms with Crippen molar-refractivity contribution >= 4 is 39.4 Å². The molecule has 2 aromatic carbocycles. The van der Waals surface area contributed by atoms with Gasteiger partial charge in [-0.1, -0.05) is 6.07 Å². The first-order chi connectivity index (χ1) is 17.7. The lowest BCUT2D eigenvalue weighted by atomic mass is 10.1. The fraction of sp³-hybridized carbons (Fsp3) is 0.280. The number of aliphatic hydroxyl groups excluding tert-OH is 2. The Hall–Kier alpha value is -4.29. The molecule has 2 atom stereocenters. The van der Waals surface area contributed by atoms with Crippen molar-refractivity contribution in [3.63, 3.8) is 0 Å². The van der Waals surface area contributed by atoms with Gasteiger partial charge in [-0.05, 0) is 43.2 Å². The number of pyridine rings is 1. The Bertz CT molecular complexity index is 1530. The minimum Gasteiger partial charge on any atom is -0.397 e. The van der Waals surface area contributed by atoms with Gasteiger partial charge in [0, 0.05) is 19.2 Å². The van der Waals surface area contributed by atoms with Crippen LogP contribution in [0.1, 0.15) is 29.6 Å². The number of nitrogen functional groups attached to an aromatic ring is 1. The monoisotopic (exact) mass is 510 g/mol. The van der Waals surface area contributed by atoms with Gasteiger partial charge in [-0.2, -0.15) is 0 Å². The molecule has 194 valence electrons. The largest absolute Gasteiger partial charge is 0.397 e. The molecular formula is C25H27FN6O5. The molecule has 37 heavy (non-hydrogen) atoms. The van der Waals surface area contributed by atoms with E-state index < -0.39 is 29.5 Å². The highest BCUT2D eigenvalue weighted by Crippen LogP contribution is 2.30. The number of hydrogen-bond donors (Lipinski definition) is 7. The van der Waals surface area contributed by atoms with Crippen LogP contribution in [0.2, 0.25) is 0 Å². The Balaban J connectivity index is 1.46. The van der Waals surface area contributed by atoms with Crippen molar-refractivity contribution in [2.24, 2.45) is 0 Å². The third-order valence-electron chi connectivity index (χ3n) is 6.02. The van der Waals surface area contributed by atoms with Gasteiger partial charge in [-0.3, -0.25) is 14.4 Å². The molecule has 0 bridgehead atoms. The van der Waals surface area contributed by atoms with Gasteiger partial charge in [0.25, 0.3) is 11.5 Å². The number of halogens is 1. The maximum Gasteiger partial charge on any atom is 0.261 e. The molecule has 8 N–H and O–H groups in total.